The van der Waals surface area contributed by atoms with E-state index in [0.29, 0.717) is 6.04 Å². The molecule has 0 amide bonds. The molecule has 3 aromatic rings. The number of aryl methyl sites for hydroxylation is 1. The van der Waals surface area contributed by atoms with E-state index in [0.717, 1.165) is 43.3 Å². The molecule has 1 fully saturated rings. The molecular formula is C19H23N7. The van der Waals surface area contributed by atoms with Gasteiger partial charge in [0.15, 0.2) is 5.82 Å². The molecule has 7 nitrogen and oxygen atoms in total. The number of rotatable bonds is 5. The van der Waals surface area contributed by atoms with Crippen LogP contribution in [0.25, 0.3) is 5.69 Å². The molecule has 1 aromatic carbocycles. The summed E-state index contributed by atoms with van der Waals surface area (Å²) in [5, 5.41) is 16.5. The number of hydrogen-bond acceptors (Lipinski definition) is 6. The van der Waals surface area contributed by atoms with Gasteiger partial charge in [0, 0.05) is 25.7 Å². The fraction of sp³-hybridized carbons (Fsp3) is 0.368. The van der Waals surface area contributed by atoms with Crippen molar-refractivity contribution in [3.63, 3.8) is 0 Å². The Morgan fingerprint density at radius 3 is 2.88 bits per heavy atom. The maximum Gasteiger partial charge on any atom is 0.151 e. The van der Waals surface area contributed by atoms with Crippen LogP contribution in [-0.4, -0.2) is 44.1 Å². The van der Waals surface area contributed by atoms with Gasteiger partial charge in [-0.3, -0.25) is 0 Å². The monoisotopic (exact) mass is 349 g/mol. The minimum Gasteiger partial charge on any atom is -0.354 e. The van der Waals surface area contributed by atoms with Gasteiger partial charge in [-0.2, -0.15) is 10.2 Å². The van der Waals surface area contributed by atoms with E-state index in [1.54, 1.807) is 12.7 Å². The summed E-state index contributed by atoms with van der Waals surface area (Å²) in [5.74, 6) is 0.963. The van der Waals surface area contributed by atoms with E-state index in [2.05, 4.69) is 54.8 Å². The van der Waals surface area contributed by atoms with Crippen LogP contribution in [0.5, 0.6) is 0 Å². The molecule has 0 unspecified atom stereocenters. The smallest absolute Gasteiger partial charge is 0.151 e. The van der Waals surface area contributed by atoms with Crippen LogP contribution in [0, 0.1) is 6.92 Å². The van der Waals surface area contributed by atoms with Crippen molar-refractivity contribution < 1.29 is 0 Å². The Hall–Kier alpha value is -2.80. The minimum atomic E-state index is 0.427. The zero-order valence-corrected chi connectivity index (χ0v) is 14.9. The van der Waals surface area contributed by atoms with Gasteiger partial charge in [-0.1, -0.05) is 18.2 Å². The summed E-state index contributed by atoms with van der Waals surface area (Å²) in [6.45, 7) is 4.74. The lowest BCUT2D eigenvalue weighted by atomic mass is 10.0. The van der Waals surface area contributed by atoms with Gasteiger partial charge in [0.05, 0.1) is 11.4 Å². The molecule has 1 aliphatic rings. The number of nitrogens with one attached hydrogen (secondary N) is 1. The lowest BCUT2D eigenvalue weighted by molar-refractivity contribution is 0.419. The van der Waals surface area contributed by atoms with Crippen molar-refractivity contribution in [3.8, 4) is 5.69 Å². The van der Waals surface area contributed by atoms with E-state index in [-0.39, 0.29) is 0 Å². The molecule has 1 aliphatic heterocycles. The fourth-order valence-electron chi connectivity index (χ4n) is 3.38. The Morgan fingerprint density at radius 1 is 1.15 bits per heavy atom. The van der Waals surface area contributed by atoms with Crippen LogP contribution in [-0.2, 0) is 6.54 Å². The van der Waals surface area contributed by atoms with Gasteiger partial charge in [0.1, 0.15) is 12.7 Å². The average Bonchev–Trinajstić information content (AvgIpc) is 3.22. The highest BCUT2D eigenvalue weighted by atomic mass is 15.3. The number of benzene rings is 1. The van der Waals surface area contributed by atoms with Crippen molar-refractivity contribution in [1.29, 1.82) is 0 Å². The molecule has 2 aromatic heterocycles. The van der Waals surface area contributed by atoms with E-state index in [1.807, 2.05) is 23.7 Å². The fourth-order valence-corrected chi connectivity index (χ4v) is 3.38. The van der Waals surface area contributed by atoms with Crippen LogP contribution in [0.15, 0.2) is 49.1 Å². The van der Waals surface area contributed by atoms with Crippen molar-refractivity contribution in [2.24, 2.45) is 0 Å². The van der Waals surface area contributed by atoms with Gasteiger partial charge in [0.2, 0.25) is 0 Å². The molecule has 26 heavy (non-hydrogen) atoms. The van der Waals surface area contributed by atoms with E-state index >= 15 is 0 Å². The second kappa shape index (κ2) is 7.61. The highest BCUT2D eigenvalue weighted by Gasteiger charge is 2.21. The van der Waals surface area contributed by atoms with Crippen LogP contribution in [0.3, 0.4) is 0 Å². The summed E-state index contributed by atoms with van der Waals surface area (Å²) in [7, 11) is 0. The SMILES string of the molecule is Cc1ccc(N2CCC[C@@H](NCc3ccccc3-n3cncn3)C2)nn1. The summed E-state index contributed by atoms with van der Waals surface area (Å²) in [5.41, 5.74) is 3.23. The van der Waals surface area contributed by atoms with Crippen LogP contribution >= 0.6 is 0 Å². The van der Waals surface area contributed by atoms with Crippen LogP contribution in [0.4, 0.5) is 5.82 Å². The molecule has 0 saturated carbocycles. The third-order valence-corrected chi connectivity index (χ3v) is 4.77. The van der Waals surface area contributed by atoms with Crippen LogP contribution in [0.2, 0.25) is 0 Å². The van der Waals surface area contributed by atoms with Crippen molar-refractivity contribution in [3.05, 3.63) is 60.3 Å². The summed E-state index contributed by atoms with van der Waals surface area (Å²) in [6.07, 6.45) is 5.61. The maximum absolute atomic E-state index is 4.33. The molecule has 0 bridgehead atoms. The predicted octanol–water partition coefficient (Wildman–Crippen LogP) is 2.12. The molecule has 134 valence electrons. The first-order valence-corrected chi connectivity index (χ1v) is 9.01. The molecule has 0 spiro atoms. The molecule has 0 aliphatic carbocycles. The van der Waals surface area contributed by atoms with E-state index in [9.17, 15) is 0 Å². The second-order valence-corrected chi connectivity index (χ2v) is 6.67. The quantitative estimate of drug-likeness (QED) is 0.761. The third-order valence-electron chi connectivity index (χ3n) is 4.77. The summed E-state index contributed by atoms with van der Waals surface area (Å²) in [4.78, 5) is 6.37. The highest BCUT2D eigenvalue weighted by molar-refractivity contribution is 5.40. The first kappa shape index (κ1) is 16.7. The van der Waals surface area contributed by atoms with E-state index < -0.39 is 0 Å². The molecule has 1 atom stereocenters. The van der Waals surface area contributed by atoms with Crippen molar-refractivity contribution in [2.75, 3.05) is 18.0 Å². The maximum atomic E-state index is 4.33. The van der Waals surface area contributed by atoms with Gasteiger partial charge >= 0.3 is 0 Å². The molecule has 1 saturated heterocycles. The number of para-hydroxylation sites is 1. The van der Waals surface area contributed by atoms with Gasteiger partial charge in [-0.25, -0.2) is 9.67 Å². The normalized spacial score (nSPS) is 17.4. The van der Waals surface area contributed by atoms with E-state index in [1.165, 1.54) is 12.0 Å². The summed E-state index contributed by atoms with van der Waals surface area (Å²) < 4.78 is 1.81. The Bertz CT molecular complexity index is 829. The first-order valence-electron chi connectivity index (χ1n) is 9.01. The Labute approximate surface area is 153 Å². The van der Waals surface area contributed by atoms with Gasteiger partial charge in [0.25, 0.3) is 0 Å². The van der Waals surface area contributed by atoms with Gasteiger partial charge < -0.3 is 10.2 Å². The van der Waals surface area contributed by atoms with Crippen LogP contribution < -0.4 is 10.2 Å². The second-order valence-electron chi connectivity index (χ2n) is 6.67. The summed E-state index contributed by atoms with van der Waals surface area (Å²) >= 11 is 0. The highest BCUT2D eigenvalue weighted by Crippen LogP contribution is 2.18. The molecule has 4 rings (SSSR count). The zero-order valence-electron chi connectivity index (χ0n) is 14.9. The largest absolute Gasteiger partial charge is 0.354 e. The number of piperidine rings is 1. The number of nitrogens with zero attached hydrogens (tertiary/aromatic N) is 6. The molecule has 3 heterocycles. The topological polar surface area (TPSA) is 71.8 Å². The molecular weight excluding hydrogens is 326 g/mol. The molecule has 7 heteroatoms. The number of anilines is 1. The first-order chi connectivity index (χ1) is 12.8. The Kier molecular flexibility index (Phi) is 4.88. The van der Waals surface area contributed by atoms with Gasteiger partial charge in [-0.15, -0.1) is 5.10 Å². The average molecular weight is 349 g/mol. The Balaban J connectivity index is 1.41. The lowest BCUT2D eigenvalue weighted by Crippen LogP contribution is -2.46. The predicted molar refractivity (Wildman–Crippen MR) is 100 cm³/mol. The van der Waals surface area contributed by atoms with Crippen molar-refractivity contribution in [2.45, 2.75) is 32.4 Å². The lowest BCUT2D eigenvalue weighted by Gasteiger charge is -2.34. The van der Waals surface area contributed by atoms with Crippen LogP contribution in [0.1, 0.15) is 24.1 Å². The number of hydrogen-bond donors (Lipinski definition) is 1. The van der Waals surface area contributed by atoms with E-state index in [4.69, 9.17) is 0 Å². The van der Waals surface area contributed by atoms with Crippen molar-refractivity contribution >= 4 is 5.82 Å². The van der Waals surface area contributed by atoms with Crippen molar-refractivity contribution in [1.82, 2.24) is 30.3 Å². The Morgan fingerprint density at radius 2 is 2.08 bits per heavy atom. The zero-order chi connectivity index (χ0) is 17.8. The van der Waals surface area contributed by atoms with Gasteiger partial charge in [-0.05, 0) is 43.5 Å². The minimum absolute atomic E-state index is 0.427. The summed E-state index contributed by atoms with van der Waals surface area (Å²) in [6, 6.07) is 12.8. The molecule has 0 radical (unpaired) electrons. The third kappa shape index (κ3) is 3.72. The number of aromatic nitrogens is 5. The molecule has 1 N–H and O–H groups in total. The standard InChI is InChI=1S/C19H23N7/c1-15-8-9-19(24-23-15)25-10-4-6-17(12-25)21-11-16-5-2-3-7-18(16)26-14-20-13-22-26/h2-3,5,7-9,13-14,17,21H,4,6,10-12H2,1H3/t17-/m1/s1.